The fraction of sp³-hybridized carbons (Fsp3) is 0.286. The van der Waals surface area contributed by atoms with Crippen molar-refractivity contribution in [2.75, 3.05) is 20.8 Å². The van der Waals surface area contributed by atoms with Crippen LogP contribution in [0.25, 0.3) is 16.6 Å². The lowest BCUT2D eigenvalue weighted by atomic mass is 10.1. The molecule has 27 heavy (non-hydrogen) atoms. The van der Waals surface area contributed by atoms with E-state index in [1.54, 1.807) is 26.4 Å². The van der Waals surface area contributed by atoms with Gasteiger partial charge in [0.25, 0.3) is 0 Å². The van der Waals surface area contributed by atoms with E-state index in [1.165, 1.54) is 0 Å². The van der Waals surface area contributed by atoms with Gasteiger partial charge in [0.1, 0.15) is 5.75 Å². The Bertz CT molecular complexity index is 962. The van der Waals surface area contributed by atoms with Crippen molar-refractivity contribution in [1.82, 2.24) is 4.57 Å². The number of carbonyl (C=O) groups excluding carboxylic acids is 1. The molecule has 0 radical (unpaired) electrons. The van der Waals surface area contributed by atoms with Gasteiger partial charge >= 0.3 is 0 Å². The number of fused-ring (bicyclic) bond motifs is 1. The number of carbonyl (C=O) groups is 1. The highest BCUT2D eigenvalue weighted by Crippen LogP contribution is 2.35. The second kappa shape index (κ2) is 8.03. The number of methoxy groups -OCH3 is 2. The molecule has 1 heterocycles. The first kappa shape index (κ1) is 18.6. The number of ether oxygens (including phenoxy) is 3. The topological polar surface area (TPSA) is 75.7 Å². The molecule has 6 heteroatoms. The van der Waals surface area contributed by atoms with Crippen molar-refractivity contribution in [3.63, 3.8) is 0 Å². The highest BCUT2D eigenvalue weighted by Gasteiger charge is 2.15. The molecule has 0 saturated heterocycles. The summed E-state index contributed by atoms with van der Waals surface area (Å²) < 4.78 is 18.8. The molecule has 0 aliphatic heterocycles. The quantitative estimate of drug-likeness (QED) is 0.611. The molecule has 1 aromatic heterocycles. The van der Waals surface area contributed by atoms with E-state index in [2.05, 4.69) is 6.92 Å². The maximum Gasteiger partial charge on any atom is 0.248 e. The van der Waals surface area contributed by atoms with Crippen molar-refractivity contribution >= 4 is 16.8 Å². The van der Waals surface area contributed by atoms with E-state index in [4.69, 9.17) is 19.9 Å². The smallest absolute Gasteiger partial charge is 0.248 e. The lowest BCUT2D eigenvalue weighted by Gasteiger charge is -2.15. The molecule has 0 spiro atoms. The zero-order valence-corrected chi connectivity index (χ0v) is 15.8. The maximum absolute atomic E-state index is 11.6. The lowest BCUT2D eigenvalue weighted by Crippen LogP contribution is -2.12. The zero-order chi connectivity index (χ0) is 19.4. The molecular weight excluding hydrogens is 344 g/mol. The molecule has 0 aliphatic carbocycles. The SMILES string of the molecule is CCCCOc1cc(C(N)=O)ccc1-n1ccc2cc(OC)c(OC)cc21. The van der Waals surface area contributed by atoms with Crippen LogP contribution in [0.1, 0.15) is 30.1 Å². The minimum absolute atomic E-state index is 0.418. The molecule has 0 aliphatic rings. The number of aromatic nitrogens is 1. The third-order valence-corrected chi connectivity index (χ3v) is 4.45. The number of hydrogen-bond acceptors (Lipinski definition) is 4. The van der Waals surface area contributed by atoms with Crippen molar-refractivity contribution in [2.45, 2.75) is 19.8 Å². The van der Waals surface area contributed by atoms with E-state index in [9.17, 15) is 4.79 Å². The van der Waals surface area contributed by atoms with E-state index in [0.29, 0.717) is 29.4 Å². The normalized spacial score (nSPS) is 10.8. The van der Waals surface area contributed by atoms with Gasteiger partial charge in [-0.05, 0) is 36.8 Å². The van der Waals surface area contributed by atoms with Gasteiger partial charge in [-0.1, -0.05) is 13.3 Å². The van der Waals surface area contributed by atoms with Crippen molar-refractivity contribution < 1.29 is 19.0 Å². The van der Waals surface area contributed by atoms with E-state index in [1.807, 2.05) is 35.0 Å². The standard InChI is InChI=1S/C21H24N2O4/c1-4-5-10-27-18-12-15(21(22)24)6-7-16(18)23-9-8-14-11-19(25-2)20(26-3)13-17(14)23/h6-9,11-13H,4-5,10H2,1-3H3,(H2,22,24). The van der Waals surface area contributed by atoms with Gasteiger partial charge in [0.05, 0.1) is 32.0 Å². The highest BCUT2D eigenvalue weighted by molar-refractivity contribution is 5.94. The number of nitrogens with two attached hydrogens (primary N) is 1. The summed E-state index contributed by atoms with van der Waals surface area (Å²) in [6.07, 6.45) is 3.90. The maximum atomic E-state index is 11.6. The molecule has 0 fully saturated rings. The second-order valence-electron chi connectivity index (χ2n) is 6.20. The number of primary amides is 1. The minimum atomic E-state index is -0.481. The van der Waals surface area contributed by atoms with Crippen LogP contribution in [0.5, 0.6) is 17.2 Å². The van der Waals surface area contributed by atoms with Gasteiger partial charge in [-0.15, -0.1) is 0 Å². The van der Waals surface area contributed by atoms with Crippen LogP contribution in [0.4, 0.5) is 0 Å². The summed E-state index contributed by atoms with van der Waals surface area (Å²) in [5.74, 6) is 1.45. The average molecular weight is 368 g/mol. The van der Waals surface area contributed by atoms with Crippen molar-refractivity contribution in [2.24, 2.45) is 5.73 Å². The first-order valence-corrected chi connectivity index (χ1v) is 8.89. The molecule has 0 bridgehead atoms. The predicted octanol–water partition coefficient (Wildman–Crippen LogP) is 3.93. The Balaban J connectivity index is 2.13. The van der Waals surface area contributed by atoms with E-state index in [0.717, 1.165) is 29.4 Å². The number of benzene rings is 2. The van der Waals surface area contributed by atoms with E-state index >= 15 is 0 Å². The first-order valence-electron chi connectivity index (χ1n) is 8.89. The largest absolute Gasteiger partial charge is 0.493 e. The Labute approximate surface area is 158 Å². The Kier molecular flexibility index (Phi) is 5.54. The first-order chi connectivity index (χ1) is 13.1. The Morgan fingerprint density at radius 1 is 1.04 bits per heavy atom. The van der Waals surface area contributed by atoms with Crippen LogP contribution >= 0.6 is 0 Å². The number of amides is 1. The van der Waals surface area contributed by atoms with Gasteiger partial charge in [-0.2, -0.15) is 0 Å². The van der Waals surface area contributed by atoms with Crippen LogP contribution in [0.3, 0.4) is 0 Å². The summed E-state index contributed by atoms with van der Waals surface area (Å²) in [7, 11) is 3.22. The van der Waals surface area contributed by atoms with Gasteiger partial charge in [0, 0.05) is 23.2 Å². The summed E-state index contributed by atoms with van der Waals surface area (Å²) in [6, 6.07) is 11.1. The molecule has 3 aromatic rings. The van der Waals surface area contributed by atoms with Gasteiger partial charge in [-0.3, -0.25) is 4.79 Å². The molecule has 3 rings (SSSR count). The molecule has 0 saturated carbocycles. The van der Waals surface area contributed by atoms with Crippen molar-refractivity contribution in [1.29, 1.82) is 0 Å². The third kappa shape index (κ3) is 3.69. The molecule has 142 valence electrons. The summed E-state index contributed by atoms with van der Waals surface area (Å²) in [6.45, 7) is 2.67. The summed E-state index contributed by atoms with van der Waals surface area (Å²) in [5.41, 5.74) is 7.63. The van der Waals surface area contributed by atoms with Crippen molar-refractivity contribution in [3.8, 4) is 22.9 Å². The Morgan fingerprint density at radius 2 is 1.78 bits per heavy atom. The average Bonchev–Trinajstić information content (AvgIpc) is 3.09. The van der Waals surface area contributed by atoms with Crippen LogP contribution in [-0.4, -0.2) is 31.3 Å². The molecule has 2 aromatic carbocycles. The molecule has 1 amide bonds. The number of hydrogen-bond donors (Lipinski definition) is 1. The number of unbranched alkanes of at least 4 members (excludes halogenated alkanes) is 1. The van der Waals surface area contributed by atoms with Crippen LogP contribution in [0.2, 0.25) is 0 Å². The third-order valence-electron chi connectivity index (χ3n) is 4.45. The van der Waals surface area contributed by atoms with Crippen molar-refractivity contribution in [3.05, 3.63) is 48.2 Å². The predicted molar refractivity (Wildman–Crippen MR) is 105 cm³/mol. The van der Waals surface area contributed by atoms with Gasteiger partial charge in [0.15, 0.2) is 11.5 Å². The second-order valence-corrected chi connectivity index (χ2v) is 6.20. The summed E-state index contributed by atoms with van der Waals surface area (Å²) in [4.78, 5) is 11.6. The van der Waals surface area contributed by atoms with E-state index < -0.39 is 5.91 Å². The zero-order valence-electron chi connectivity index (χ0n) is 15.8. The van der Waals surface area contributed by atoms with Crippen LogP contribution in [-0.2, 0) is 0 Å². The van der Waals surface area contributed by atoms with Gasteiger partial charge in [-0.25, -0.2) is 0 Å². The fourth-order valence-electron chi connectivity index (χ4n) is 2.98. The van der Waals surface area contributed by atoms with Crippen LogP contribution in [0.15, 0.2) is 42.6 Å². The lowest BCUT2D eigenvalue weighted by molar-refractivity contribution is 0.1000. The molecule has 6 nitrogen and oxygen atoms in total. The van der Waals surface area contributed by atoms with Crippen LogP contribution < -0.4 is 19.9 Å². The Morgan fingerprint density at radius 3 is 2.44 bits per heavy atom. The minimum Gasteiger partial charge on any atom is -0.493 e. The molecule has 0 atom stereocenters. The molecular formula is C21H24N2O4. The fourth-order valence-corrected chi connectivity index (χ4v) is 2.98. The summed E-state index contributed by atoms with van der Waals surface area (Å²) >= 11 is 0. The van der Waals surface area contributed by atoms with Gasteiger partial charge < -0.3 is 24.5 Å². The molecule has 0 unspecified atom stereocenters. The van der Waals surface area contributed by atoms with Gasteiger partial charge in [0.2, 0.25) is 5.91 Å². The monoisotopic (exact) mass is 368 g/mol. The Hall–Kier alpha value is -3.15. The van der Waals surface area contributed by atoms with Crippen LogP contribution in [0, 0.1) is 0 Å². The van der Waals surface area contributed by atoms with E-state index in [-0.39, 0.29) is 0 Å². The number of rotatable bonds is 8. The molecule has 2 N–H and O–H groups in total. The summed E-state index contributed by atoms with van der Waals surface area (Å²) in [5, 5.41) is 1.01. The number of nitrogens with zero attached hydrogens (tertiary/aromatic N) is 1. The highest BCUT2D eigenvalue weighted by atomic mass is 16.5.